The van der Waals surface area contributed by atoms with E-state index in [9.17, 15) is 0 Å². The number of hydrogen-bond donors (Lipinski definition) is 1. The van der Waals surface area contributed by atoms with Crippen LogP contribution < -0.4 is 14.8 Å². The molecule has 1 aromatic rings. The van der Waals surface area contributed by atoms with E-state index in [1.165, 1.54) is 6.42 Å². The molecule has 1 N–H and O–H groups in total. The van der Waals surface area contributed by atoms with Gasteiger partial charge in [0.2, 0.25) is 0 Å². The highest BCUT2D eigenvalue weighted by Crippen LogP contribution is 2.26. The minimum absolute atomic E-state index is 0.371. The molecule has 1 aliphatic rings. The minimum Gasteiger partial charge on any atom is -0.491 e. The molecule has 1 aromatic heterocycles. The van der Waals surface area contributed by atoms with Crippen molar-refractivity contribution < 1.29 is 9.47 Å². The van der Waals surface area contributed by atoms with Crippen molar-refractivity contribution in [1.29, 1.82) is 0 Å². The summed E-state index contributed by atoms with van der Waals surface area (Å²) >= 11 is 5.87. The van der Waals surface area contributed by atoms with Crippen LogP contribution in [-0.2, 0) is 0 Å². The summed E-state index contributed by atoms with van der Waals surface area (Å²) in [6.07, 6.45) is 2.78. The van der Waals surface area contributed by atoms with Gasteiger partial charge in [0.25, 0.3) is 0 Å². The summed E-state index contributed by atoms with van der Waals surface area (Å²) in [5, 5.41) is 3.64. The van der Waals surface area contributed by atoms with Gasteiger partial charge in [0, 0.05) is 12.1 Å². The van der Waals surface area contributed by atoms with Gasteiger partial charge in [0.1, 0.15) is 12.4 Å². The zero-order chi connectivity index (χ0) is 11.4. The summed E-state index contributed by atoms with van der Waals surface area (Å²) in [4.78, 5) is 4.01. The van der Waals surface area contributed by atoms with Crippen LogP contribution in [0.3, 0.4) is 0 Å². The van der Waals surface area contributed by atoms with Gasteiger partial charge in [-0.3, -0.25) is 0 Å². The van der Waals surface area contributed by atoms with Crippen molar-refractivity contribution in [1.82, 2.24) is 10.3 Å². The minimum atomic E-state index is 0.371. The summed E-state index contributed by atoms with van der Waals surface area (Å²) in [7, 11) is 0. The largest absolute Gasteiger partial charge is 0.491 e. The predicted octanol–water partition coefficient (Wildman–Crippen LogP) is 1.87. The second-order valence-electron chi connectivity index (χ2n) is 3.64. The maximum absolute atomic E-state index is 5.87. The van der Waals surface area contributed by atoms with Crippen molar-refractivity contribution in [3.8, 4) is 11.5 Å². The van der Waals surface area contributed by atoms with Crippen LogP contribution in [0.1, 0.15) is 13.3 Å². The Hall–Kier alpha value is -1.00. The molecule has 1 atom stereocenters. The number of rotatable bonds is 5. The molecule has 2 heterocycles. The van der Waals surface area contributed by atoms with Crippen LogP contribution in [0.2, 0.25) is 5.15 Å². The number of pyridine rings is 1. The molecule has 2 rings (SSSR count). The maximum Gasteiger partial charge on any atom is 0.171 e. The highest BCUT2D eigenvalue weighted by molar-refractivity contribution is 6.30. The van der Waals surface area contributed by atoms with Gasteiger partial charge >= 0.3 is 0 Å². The fourth-order valence-electron chi connectivity index (χ4n) is 1.43. The van der Waals surface area contributed by atoms with Gasteiger partial charge in [-0.15, -0.1) is 0 Å². The molecule has 88 valence electrons. The fraction of sp³-hybridized carbons (Fsp3) is 0.545. The first-order valence-corrected chi connectivity index (χ1v) is 5.82. The fourth-order valence-corrected chi connectivity index (χ4v) is 1.59. The van der Waals surface area contributed by atoms with E-state index in [1.54, 1.807) is 12.3 Å². The van der Waals surface area contributed by atoms with E-state index >= 15 is 0 Å². The van der Waals surface area contributed by atoms with Gasteiger partial charge in [0.05, 0.1) is 12.8 Å². The van der Waals surface area contributed by atoms with Crippen LogP contribution in [-0.4, -0.2) is 30.8 Å². The molecule has 0 saturated carbocycles. The third-order valence-corrected chi connectivity index (χ3v) is 2.74. The van der Waals surface area contributed by atoms with Crippen molar-refractivity contribution >= 4 is 11.6 Å². The second-order valence-corrected chi connectivity index (χ2v) is 4.00. The molecule has 0 aromatic carbocycles. The van der Waals surface area contributed by atoms with Crippen molar-refractivity contribution in [3.63, 3.8) is 0 Å². The Labute approximate surface area is 99.9 Å². The highest BCUT2D eigenvalue weighted by atomic mass is 35.5. The van der Waals surface area contributed by atoms with Crippen molar-refractivity contribution in [3.05, 3.63) is 17.4 Å². The van der Waals surface area contributed by atoms with Gasteiger partial charge in [-0.2, -0.15) is 0 Å². The zero-order valence-electron chi connectivity index (χ0n) is 9.20. The van der Waals surface area contributed by atoms with E-state index in [2.05, 4.69) is 10.3 Å². The lowest BCUT2D eigenvalue weighted by atomic mass is 10.1. The predicted molar refractivity (Wildman–Crippen MR) is 62.3 cm³/mol. The van der Waals surface area contributed by atoms with E-state index in [-0.39, 0.29) is 0 Å². The number of halogens is 1. The number of nitrogens with one attached hydrogen (secondary N) is 1. The van der Waals surface area contributed by atoms with Crippen molar-refractivity contribution in [2.45, 2.75) is 19.4 Å². The summed E-state index contributed by atoms with van der Waals surface area (Å²) < 4.78 is 10.9. The Kier molecular flexibility index (Phi) is 3.85. The number of aromatic nitrogens is 1. The van der Waals surface area contributed by atoms with E-state index < -0.39 is 0 Å². The molecular weight excluding hydrogens is 228 g/mol. The Bertz CT molecular complexity index is 356. The van der Waals surface area contributed by atoms with Crippen LogP contribution in [0.5, 0.6) is 11.5 Å². The number of nitrogens with zero attached hydrogens (tertiary/aromatic N) is 1. The van der Waals surface area contributed by atoms with Gasteiger partial charge in [-0.1, -0.05) is 11.6 Å². The molecule has 16 heavy (non-hydrogen) atoms. The molecule has 0 bridgehead atoms. The third-order valence-electron chi connectivity index (χ3n) is 2.46. The van der Waals surface area contributed by atoms with Crippen molar-refractivity contribution in [2.75, 3.05) is 19.8 Å². The van der Waals surface area contributed by atoms with Crippen LogP contribution in [0, 0.1) is 0 Å². The summed E-state index contributed by atoms with van der Waals surface area (Å²) in [6.45, 7) is 4.21. The van der Waals surface area contributed by atoms with E-state index in [0.717, 1.165) is 6.54 Å². The van der Waals surface area contributed by atoms with E-state index in [0.29, 0.717) is 35.9 Å². The summed E-state index contributed by atoms with van der Waals surface area (Å²) in [5.41, 5.74) is 0. The second kappa shape index (κ2) is 5.37. The average molecular weight is 243 g/mol. The lowest BCUT2D eigenvalue weighted by Crippen LogP contribution is -2.46. The lowest BCUT2D eigenvalue weighted by Gasteiger charge is -2.27. The standard InChI is InChI=1S/C11H15ClN2O2/c1-2-15-10-5-9(6-14-11(10)12)16-7-8-3-4-13-8/h5-6,8,13H,2-4,7H2,1H3/t8-/m0/s1. The SMILES string of the molecule is CCOc1cc(OC[C@@H]2CCN2)cnc1Cl. The first-order chi connectivity index (χ1) is 7.79. The molecule has 0 radical (unpaired) electrons. The molecule has 1 saturated heterocycles. The van der Waals surface area contributed by atoms with Gasteiger partial charge in [0.15, 0.2) is 10.9 Å². The lowest BCUT2D eigenvalue weighted by molar-refractivity contribution is 0.216. The van der Waals surface area contributed by atoms with Gasteiger partial charge in [-0.05, 0) is 19.9 Å². The average Bonchev–Trinajstić information content (AvgIpc) is 2.21. The normalized spacial score (nSPS) is 19.0. The summed E-state index contributed by atoms with van der Waals surface area (Å²) in [6, 6.07) is 2.24. The van der Waals surface area contributed by atoms with Gasteiger partial charge < -0.3 is 14.8 Å². The van der Waals surface area contributed by atoms with Crippen LogP contribution in [0.4, 0.5) is 0 Å². The monoisotopic (exact) mass is 242 g/mol. The van der Waals surface area contributed by atoms with Crippen LogP contribution >= 0.6 is 11.6 Å². The molecule has 1 aliphatic heterocycles. The number of ether oxygens (including phenoxy) is 2. The zero-order valence-corrected chi connectivity index (χ0v) is 9.96. The molecule has 0 aliphatic carbocycles. The van der Waals surface area contributed by atoms with E-state index in [1.807, 2.05) is 6.92 Å². The first kappa shape index (κ1) is 11.5. The van der Waals surface area contributed by atoms with Gasteiger partial charge in [-0.25, -0.2) is 4.98 Å². The Balaban J connectivity index is 1.94. The quantitative estimate of drug-likeness (QED) is 0.801. The Morgan fingerprint density at radius 2 is 2.38 bits per heavy atom. The molecule has 5 heteroatoms. The van der Waals surface area contributed by atoms with E-state index in [4.69, 9.17) is 21.1 Å². The smallest absolute Gasteiger partial charge is 0.171 e. The molecule has 0 unspecified atom stereocenters. The van der Waals surface area contributed by atoms with Crippen molar-refractivity contribution in [2.24, 2.45) is 0 Å². The molecular formula is C11H15ClN2O2. The van der Waals surface area contributed by atoms with Crippen LogP contribution in [0.15, 0.2) is 12.3 Å². The topological polar surface area (TPSA) is 43.4 Å². The number of hydrogen-bond acceptors (Lipinski definition) is 4. The highest BCUT2D eigenvalue weighted by Gasteiger charge is 2.17. The molecule has 1 fully saturated rings. The Morgan fingerprint density at radius 3 is 3.00 bits per heavy atom. The molecule has 0 amide bonds. The molecule has 4 nitrogen and oxygen atoms in total. The van der Waals surface area contributed by atoms with Crippen LogP contribution in [0.25, 0.3) is 0 Å². The first-order valence-electron chi connectivity index (χ1n) is 5.44. The molecule has 0 spiro atoms. The Morgan fingerprint density at radius 1 is 1.56 bits per heavy atom. The third kappa shape index (κ3) is 2.77. The maximum atomic E-state index is 5.87. The summed E-state index contributed by atoms with van der Waals surface area (Å²) in [5.74, 6) is 1.27.